The van der Waals surface area contributed by atoms with Gasteiger partial charge in [-0.05, 0) is 37.6 Å². The van der Waals surface area contributed by atoms with Crippen LogP contribution in [0.4, 0.5) is 5.69 Å². The largest absolute Gasteiger partial charge is 0.490 e. The van der Waals surface area contributed by atoms with E-state index < -0.39 is 0 Å². The first kappa shape index (κ1) is 16.0. The number of hydrogen-bond donors (Lipinski definition) is 1. The molecule has 1 amide bonds. The van der Waals surface area contributed by atoms with Gasteiger partial charge in [0, 0.05) is 18.5 Å². The van der Waals surface area contributed by atoms with Crippen LogP contribution in [0.15, 0.2) is 24.4 Å². The third-order valence-electron chi connectivity index (χ3n) is 3.74. The van der Waals surface area contributed by atoms with E-state index in [-0.39, 0.29) is 12.0 Å². The molecule has 1 aliphatic heterocycles. The van der Waals surface area contributed by atoms with Crippen molar-refractivity contribution in [3.63, 3.8) is 0 Å². The summed E-state index contributed by atoms with van der Waals surface area (Å²) in [6.45, 7) is 5.38. The lowest BCUT2D eigenvalue weighted by Gasteiger charge is -2.24. The third-order valence-corrected chi connectivity index (χ3v) is 4.65. The molecule has 0 radical (unpaired) electrons. The molecule has 1 saturated heterocycles. The number of thiazole rings is 1. The molecule has 1 aromatic heterocycles. The molecule has 0 spiro atoms. The van der Waals surface area contributed by atoms with E-state index in [1.54, 1.807) is 6.20 Å². The zero-order valence-corrected chi connectivity index (χ0v) is 14.1. The highest BCUT2D eigenvalue weighted by atomic mass is 32.1. The molecular formula is C17H20N2O3S. The minimum absolute atomic E-state index is 0.131. The molecule has 0 saturated carbocycles. The number of amides is 1. The number of nitrogens with zero attached hydrogens (tertiary/aromatic N) is 1. The smallest absolute Gasteiger partial charge is 0.267 e. The van der Waals surface area contributed by atoms with Crippen LogP contribution < -0.4 is 10.1 Å². The summed E-state index contributed by atoms with van der Waals surface area (Å²) in [4.78, 5) is 16.9. The summed E-state index contributed by atoms with van der Waals surface area (Å²) in [7, 11) is 0. The summed E-state index contributed by atoms with van der Waals surface area (Å²) in [5.74, 6) is 0.733. The van der Waals surface area contributed by atoms with Crippen LogP contribution in [-0.2, 0) is 4.74 Å². The number of anilines is 1. The summed E-state index contributed by atoms with van der Waals surface area (Å²) >= 11 is 1.39. The lowest BCUT2D eigenvalue weighted by molar-refractivity contribution is 0.0253. The van der Waals surface area contributed by atoms with Gasteiger partial charge in [-0.3, -0.25) is 4.79 Å². The van der Waals surface area contributed by atoms with E-state index in [2.05, 4.69) is 10.3 Å². The zero-order chi connectivity index (χ0) is 16.2. The molecule has 1 aromatic carbocycles. The van der Waals surface area contributed by atoms with Gasteiger partial charge in [-0.25, -0.2) is 4.98 Å². The molecule has 1 fully saturated rings. The van der Waals surface area contributed by atoms with Gasteiger partial charge in [0.2, 0.25) is 0 Å². The Hall–Kier alpha value is -1.92. The summed E-state index contributed by atoms with van der Waals surface area (Å²) in [5, 5.41) is 3.78. The van der Waals surface area contributed by atoms with Crippen molar-refractivity contribution >= 4 is 22.9 Å². The van der Waals surface area contributed by atoms with E-state index in [0.29, 0.717) is 4.88 Å². The van der Waals surface area contributed by atoms with Crippen LogP contribution in [0.5, 0.6) is 5.75 Å². The van der Waals surface area contributed by atoms with Gasteiger partial charge in [-0.2, -0.15) is 0 Å². The zero-order valence-electron chi connectivity index (χ0n) is 13.3. The van der Waals surface area contributed by atoms with Crippen LogP contribution in [0.2, 0.25) is 0 Å². The molecule has 1 N–H and O–H groups in total. The first-order valence-electron chi connectivity index (χ1n) is 7.70. The topological polar surface area (TPSA) is 60.5 Å². The Kier molecular flexibility index (Phi) is 4.93. The van der Waals surface area contributed by atoms with Crippen molar-refractivity contribution in [1.29, 1.82) is 0 Å². The third kappa shape index (κ3) is 4.09. The molecule has 6 heteroatoms. The number of carbonyl (C=O) groups is 1. The monoisotopic (exact) mass is 332 g/mol. The first-order valence-corrected chi connectivity index (χ1v) is 8.52. The van der Waals surface area contributed by atoms with Gasteiger partial charge >= 0.3 is 0 Å². The van der Waals surface area contributed by atoms with Gasteiger partial charge in [-0.15, -0.1) is 11.3 Å². The van der Waals surface area contributed by atoms with Crippen molar-refractivity contribution in [1.82, 2.24) is 4.98 Å². The summed E-state index contributed by atoms with van der Waals surface area (Å²) in [6, 6.07) is 5.71. The molecule has 2 heterocycles. The molecule has 122 valence electrons. The number of nitrogens with one attached hydrogen (secondary N) is 1. The molecule has 0 bridgehead atoms. The minimum Gasteiger partial charge on any atom is -0.490 e. The molecule has 23 heavy (non-hydrogen) atoms. The SMILES string of the molecule is Cc1ncc(C(=O)Nc2ccc(OC3CCOCC3)c(C)c2)s1. The van der Waals surface area contributed by atoms with Crippen LogP contribution in [0.3, 0.4) is 0 Å². The normalized spacial score (nSPS) is 15.4. The standard InChI is InChI=1S/C17H20N2O3S/c1-11-9-13(19-17(20)16-10-18-12(2)23-16)3-4-15(11)22-14-5-7-21-8-6-14/h3-4,9-10,14H,5-8H2,1-2H3,(H,19,20). The Labute approximate surface area is 139 Å². The average Bonchev–Trinajstić information content (AvgIpc) is 2.98. The van der Waals surface area contributed by atoms with Crippen LogP contribution >= 0.6 is 11.3 Å². The van der Waals surface area contributed by atoms with E-state index in [9.17, 15) is 4.79 Å². The van der Waals surface area contributed by atoms with E-state index in [1.807, 2.05) is 32.0 Å². The minimum atomic E-state index is -0.131. The fraction of sp³-hybridized carbons (Fsp3) is 0.412. The van der Waals surface area contributed by atoms with Gasteiger partial charge in [0.15, 0.2) is 0 Å². The summed E-state index contributed by atoms with van der Waals surface area (Å²) in [5.41, 5.74) is 1.77. The second kappa shape index (κ2) is 7.10. The summed E-state index contributed by atoms with van der Waals surface area (Å²) in [6.07, 6.45) is 3.65. The maximum atomic E-state index is 12.2. The van der Waals surface area contributed by atoms with Gasteiger partial charge in [0.1, 0.15) is 16.7 Å². The van der Waals surface area contributed by atoms with Crippen molar-refractivity contribution < 1.29 is 14.3 Å². The van der Waals surface area contributed by atoms with Crippen molar-refractivity contribution in [2.24, 2.45) is 0 Å². The Bertz CT molecular complexity index is 693. The highest BCUT2D eigenvalue weighted by molar-refractivity contribution is 7.13. The molecule has 5 nitrogen and oxygen atoms in total. The first-order chi connectivity index (χ1) is 11.1. The number of carbonyl (C=O) groups excluding carboxylic acids is 1. The number of aromatic nitrogens is 1. The van der Waals surface area contributed by atoms with Gasteiger partial charge in [0.25, 0.3) is 5.91 Å². The van der Waals surface area contributed by atoms with Crippen LogP contribution in [-0.4, -0.2) is 30.2 Å². The fourth-order valence-electron chi connectivity index (χ4n) is 2.49. The summed E-state index contributed by atoms with van der Waals surface area (Å²) < 4.78 is 11.4. The highest BCUT2D eigenvalue weighted by Crippen LogP contribution is 2.25. The van der Waals surface area contributed by atoms with Crippen LogP contribution in [0, 0.1) is 13.8 Å². The molecule has 1 aliphatic rings. The number of rotatable bonds is 4. The number of aryl methyl sites for hydroxylation is 2. The molecule has 2 aromatic rings. The molecular weight excluding hydrogens is 312 g/mol. The maximum Gasteiger partial charge on any atom is 0.267 e. The van der Waals surface area contributed by atoms with Crippen LogP contribution in [0.1, 0.15) is 33.1 Å². The molecule has 3 rings (SSSR count). The predicted molar refractivity (Wildman–Crippen MR) is 90.5 cm³/mol. The van der Waals surface area contributed by atoms with Crippen LogP contribution in [0.25, 0.3) is 0 Å². The Morgan fingerprint density at radius 3 is 2.78 bits per heavy atom. The number of hydrogen-bond acceptors (Lipinski definition) is 5. The average molecular weight is 332 g/mol. The molecule has 0 aliphatic carbocycles. The van der Waals surface area contributed by atoms with Gasteiger partial charge in [-0.1, -0.05) is 0 Å². The predicted octanol–water partition coefficient (Wildman–Crippen LogP) is 3.57. The Morgan fingerprint density at radius 1 is 1.35 bits per heavy atom. The van der Waals surface area contributed by atoms with Crippen molar-refractivity contribution in [2.75, 3.05) is 18.5 Å². The molecule has 0 atom stereocenters. The Morgan fingerprint density at radius 2 is 2.13 bits per heavy atom. The van der Waals surface area contributed by atoms with Gasteiger partial charge in [0.05, 0.1) is 24.4 Å². The fourth-order valence-corrected chi connectivity index (χ4v) is 3.16. The van der Waals surface area contributed by atoms with E-state index in [0.717, 1.165) is 48.1 Å². The molecule has 0 unspecified atom stereocenters. The van der Waals surface area contributed by atoms with E-state index >= 15 is 0 Å². The lowest BCUT2D eigenvalue weighted by atomic mass is 10.1. The second-order valence-corrected chi connectivity index (χ2v) is 6.84. The Balaban J connectivity index is 1.65. The highest BCUT2D eigenvalue weighted by Gasteiger charge is 2.16. The quantitative estimate of drug-likeness (QED) is 0.930. The van der Waals surface area contributed by atoms with Crippen molar-refractivity contribution in [2.45, 2.75) is 32.8 Å². The lowest BCUT2D eigenvalue weighted by Crippen LogP contribution is -2.26. The second-order valence-electron chi connectivity index (χ2n) is 5.61. The van der Waals surface area contributed by atoms with Crippen molar-refractivity contribution in [3.05, 3.63) is 39.8 Å². The maximum absolute atomic E-state index is 12.2. The van der Waals surface area contributed by atoms with Gasteiger partial charge < -0.3 is 14.8 Å². The number of ether oxygens (including phenoxy) is 2. The number of benzene rings is 1. The van der Waals surface area contributed by atoms with E-state index in [1.165, 1.54) is 11.3 Å². The van der Waals surface area contributed by atoms with Crippen molar-refractivity contribution in [3.8, 4) is 5.75 Å². The van der Waals surface area contributed by atoms with E-state index in [4.69, 9.17) is 9.47 Å².